The summed E-state index contributed by atoms with van der Waals surface area (Å²) < 4.78 is 5.42. The lowest BCUT2D eigenvalue weighted by Crippen LogP contribution is -2.20. The van der Waals surface area contributed by atoms with E-state index in [-0.39, 0.29) is 12.5 Å². The minimum Gasteiger partial charge on any atom is -0.484 e. The van der Waals surface area contributed by atoms with Crippen LogP contribution in [0.3, 0.4) is 0 Å². The molecular weight excluding hydrogens is 286 g/mol. The van der Waals surface area contributed by atoms with Crippen molar-refractivity contribution < 1.29 is 9.53 Å². The van der Waals surface area contributed by atoms with Crippen LogP contribution in [0.4, 0.5) is 5.13 Å². The van der Waals surface area contributed by atoms with Gasteiger partial charge in [0.15, 0.2) is 11.7 Å². The van der Waals surface area contributed by atoms with Crippen LogP contribution < -0.4 is 10.1 Å². The topological polar surface area (TPSA) is 54.5 Å². The van der Waals surface area contributed by atoms with Gasteiger partial charge in [0.2, 0.25) is 0 Å². The summed E-state index contributed by atoms with van der Waals surface area (Å²) in [7, 11) is 3.96. The number of nitrogens with zero attached hydrogens (tertiary/aromatic N) is 2. The Labute approximate surface area is 128 Å². The van der Waals surface area contributed by atoms with Crippen LogP contribution in [-0.4, -0.2) is 36.5 Å². The third-order valence-corrected chi connectivity index (χ3v) is 3.47. The Morgan fingerprint density at radius 1 is 1.33 bits per heavy atom. The molecule has 1 aromatic carbocycles. The molecule has 2 rings (SSSR count). The molecule has 2 aromatic rings. The van der Waals surface area contributed by atoms with Gasteiger partial charge in [0.05, 0.1) is 5.69 Å². The van der Waals surface area contributed by atoms with E-state index in [2.05, 4.69) is 10.3 Å². The van der Waals surface area contributed by atoms with Crippen LogP contribution in [0.1, 0.15) is 11.3 Å². The molecular formula is C15H19N3O2S. The lowest BCUT2D eigenvalue weighted by molar-refractivity contribution is -0.118. The Balaban J connectivity index is 1.81. The molecule has 0 aliphatic heterocycles. The number of nitrogens with one attached hydrogen (secondary N) is 1. The summed E-state index contributed by atoms with van der Waals surface area (Å²) in [5.41, 5.74) is 2.10. The number of anilines is 1. The van der Waals surface area contributed by atoms with Gasteiger partial charge in [-0.3, -0.25) is 10.1 Å². The fraction of sp³-hybridized carbons (Fsp3) is 0.333. The van der Waals surface area contributed by atoms with E-state index >= 15 is 0 Å². The molecule has 0 bridgehead atoms. The summed E-state index contributed by atoms with van der Waals surface area (Å²) >= 11 is 1.42. The van der Waals surface area contributed by atoms with E-state index in [0.717, 1.165) is 17.8 Å². The summed E-state index contributed by atoms with van der Waals surface area (Å²) in [6.45, 7) is 2.74. The van der Waals surface area contributed by atoms with Crippen molar-refractivity contribution in [1.29, 1.82) is 0 Å². The molecule has 0 radical (unpaired) electrons. The molecule has 6 heteroatoms. The quantitative estimate of drug-likeness (QED) is 0.891. The number of ether oxygens (including phenoxy) is 1. The molecule has 0 aliphatic carbocycles. The van der Waals surface area contributed by atoms with Crippen LogP contribution in [-0.2, 0) is 11.3 Å². The molecule has 1 N–H and O–H groups in total. The van der Waals surface area contributed by atoms with E-state index in [1.807, 2.05) is 55.6 Å². The summed E-state index contributed by atoms with van der Waals surface area (Å²) in [5.74, 6) is 0.476. The molecule has 112 valence electrons. The maximum Gasteiger partial charge on any atom is 0.264 e. The summed E-state index contributed by atoms with van der Waals surface area (Å²) in [6.07, 6.45) is 0. The normalized spacial score (nSPS) is 10.7. The second-order valence-electron chi connectivity index (χ2n) is 5.03. The van der Waals surface area contributed by atoms with Crippen molar-refractivity contribution in [1.82, 2.24) is 9.88 Å². The van der Waals surface area contributed by atoms with E-state index in [4.69, 9.17) is 4.74 Å². The van der Waals surface area contributed by atoms with Crippen molar-refractivity contribution in [3.63, 3.8) is 0 Å². The highest BCUT2D eigenvalue weighted by Crippen LogP contribution is 2.16. The average molecular weight is 305 g/mol. The Bertz CT molecular complexity index is 593. The zero-order chi connectivity index (χ0) is 15.2. The first kappa shape index (κ1) is 15.5. The molecule has 0 aliphatic rings. The molecule has 21 heavy (non-hydrogen) atoms. The van der Waals surface area contributed by atoms with Gasteiger partial charge in [0.1, 0.15) is 5.75 Å². The van der Waals surface area contributed by atoms with Gasteiger partial charge < -0.3 is 9.64 Å². The van der Waals surface area contributed by atoms with Crippen LogP contribution >= 0.6 is 11.3 Å². The van der Waals surface area contributed by atoms with Gasteiger partial charge >= 0.3 is 0 Å². The summed E-state index contributed by atoms with van der Waals surface area (Å²) in [6, 6.07) is 7.59. The maximum atomic E-state index is 11.8. The molecule has 1 heterocycles. The Kier molecular flexibility index (Phi) is 5.30. The third-order valence-electron chi connectivity index (χ3n) is 2.67. The van der Waals surface area contributed by atoms with Gasteiger partial charge in [-0.1, -0.05) is 17.7 Å². The number of amides is 1. The number of aryl methyl sites for hydroxylation is 1. The SMILES string of the molecule is Cc1ccc(OCC(=O)Nc2nc(CN(C)C)cs2)cc1. The highest BCUT2D eigenvalue weighted by molar-refractivity contribution is 7.13. The molecule has 0 unspecified atom stereocenters. The molecule has 0 saturated heterocycles. The Morgan fingerprint density at radius 3 is 2.71 bits per heavy atom. The van der Waals surface area contributed by atoms with Crippen molar-refractivity contribution >= 4 is 22.4 Å². The van der Waals surface area contributed by atoms with E-state index < -0.39 is 0 Å². The van der Waals surface area contributed by atoms with Gasteiger partial charge in [0.25, 0.3) is 5.91 Å². The number of benzene rings is 1. The minimum absolute atomic E-state index is 0.0222. The maximum absolute atomic E-state index is 11.8. The smallest absolute Gasteiger partial charge is 0.264 e. The van der Waals surface area contributed by atoms with Crippen molar-refractivity contribution in [2.45, 2.75) is 13.5 Å². The van der Waals surface area contributed by atoms with Crippen LogP contribution in [0.5, 0.6) is 5.75 Å². The highest BCUT2D eigenvalue weighted by Gasteiger charge is 2.08. The van der Waals surface area contributed by atoms with Crippen molar-refractivity contribution in [2.24, 2.45) is 0 Å². The zero-order valence-electron chi connectivity index (χ0n) is 12.4. The number of carbonyl (C=O) groups excluding carboxylic acids is 1. The molecule has 0 spiro atoms. The van der Waals surface area contributed by atoms with Crippen LogP contribution in [0.2, 0.25) is 0 Å². The lowest BCUT2D eigenvalue weighted by Gasteiger charge is -2.06. The van der Waals surface area contributed by atoms with Crippen LogP contribution in [0, 0.1) is 6.92 Å². The van der Waals surface area contributed by atoms with Gasteiger partial charge in [-0.15, -0.1) is 11.3 Å². The molecule has 1 amide bonds. The Hall–Kier alpha value is -1.92. The molecule has 0 saturated carbocycles. The second kappa shape index (κ2) is 7.19. The standard InChI is InChI=1S/C15H19N3O2S/c1-11-4-6-13(7-5-11)20-9-14(19)17-15-16-12(10-21-15)8-18(2)3/h4-7,10H,8-9H2,1-3H3,(H,16,17,19). The number of aromatic nitrogens is 1. The number of carbonyl (C=O) groups is 1. The fourth-order valence-corrected chi connectivity index (χ4v) is 2.42. The monoisotopic (exact) mass is 305 g/mol. The highest BCUT2D eigenvalue weighted by atomic mass is 32.1. The largest absolute Gasteiger partial charge is 0.484 e. The van der Waals surface area contributed by atoms with Gasteiger partial charge in [-0.05, 0) is 33.2 Å². The van der Waals surface area contributed by atoms with E-state index in [0.29, 0.717) is 10.9 Å². The first-order chi connectivity index (χ1) is 10.0. The van der Waals surface area contributed by atoms with Gasteiger partial charge in [-0.2, -0.15) is 0 Å². The van der Waals surface area contributed by atoms with Gasteiger partial charge in [0, 0.05) is 11.9 Å². The summed E-state index contributed by atoms with van der Waals surface area (Å²) in [4.78, 5) is 18.2. The van der Waals surface area contributed by atoms with Crippen LogP contribution in [0.15, 0.2) is 29.6 Å². The minimum atomic E-state index is -0.207. The molecule has 0 fully saturated rings. The van der Waals surface area contributed by atoms with E-state index in [1.54, 1.807) is 0 Å². The first-order valence-corrected chi connectivity index (χ1v) is 7.49. The summed E-state index contributed by atoms with van der Waals surface area (Å²) in [5, 5.41) is 5.28. The predicted octanol–water partition coefficient (Wildman–Crippen LogP) is 2.53. The van der Waals surface area contributed by atoms with Crippen molar-refractivity contribution in [2.75, 3.05) is 26.0 Å². The number of rotatable bonds is 6. The molecule has 0 atom stereocenters. The van der Waals surface area contributed by atoms with Crippen LogP contribution in [0.25, 0.3) is 0 Å². The van der Waals surface area contributed by atoms with E-state index in [1.165, 1.54) is 11.3 Å². The van der Waals surface area contributed by atoms with E-state index in [9.17, 15) is 4.79 Å². The number of hydrogen-bond donors (Lipinski definition) is 1. The van der Waals surface area contributed by atoms with Crippen molar-refractivity contribution in [3.05, 3.63) is 40.9 Å². The Morgan fingerprint density at radius 2 is 2.05 bits per heavy atom. The zero-order valence-corrected chi connectivity index (χ0v) is 13.2. The number of thiazole rings is 1. The number of hydrogen-bond acceptors (Lipinski definition) is 5. The predicted molar refractivity (Wildman–Crippen MR) is 84.8 cm³/mol. The van der Waals surface area contributed by atoms with Gasteiger partial charge in [-0.25, -0.2) is 4.98 Å². The average Bonchev–Trinajstić information content (AvgIpc) is 2.84. The lowest BCUT2D eigenvalue weighted by atomic mass is 10.2. The third kappa shape index (κ3) is 5.17. The first-order valence-electron chi connectivity index (χ1n) is 6.61. The molecule has 5 nitrogen and oxygen atoms in total. The second-order valence-corrected chi connectivity index (χ2v) is 5.89. The fourth-order valence-electron chi connectivity index (χ4n) is 1.70. The van der Waals surface area contributed by atoms with Crippen molar-refractivity contribution in [3.8, 4) is 5.75 Å². The molecule has 1 aromatic heterocycles.